The number of anilines is 2. The summed E-state index contributed by atoms with van der Waals surface area (Å²) in [7, 11) is 0. The summed E-state index contributed by atoms with van der Waals surface area (Å²) in [5.74, 6) is -0.583. The smallest absolute Gasteiger partial charge is 0.257 e. The number of nitrogens with one attached hydrogen (secondary N) is 2. The Morgan fingerprint density at radius 3 is 2.35 bits per heavy atom. The maximum atomic E-state index is 12.3. The highest BCUT2D eigenvalue weighted by Gasteiger charge is 2.13. The molecule has 0 aliphatic heterocycles. The van der Waals surface area contributed by atoms with Crippen LogP contribution in [-0.2, 0) is 4.79 Å². The van der Waals surface area contributed by atoms with E-state index in [0.717, 1.165) is 0 Å². The number of halogens is 3. The maximum Gasteiger partial charge on any atom is 0.257 e. The standard InChI is InChI=1S/C16H13Cl3N2O2/c1-2-15(22)20-10-4-6-13(19)14(8-10)21-16(23)11-7-9(17)3-5-12(11)18/h3-8H,2H2,1H3,(H,20,22)(H,21,23). The molecule has 0 aromatic heterocycles. The monoisotopic (exact) mass is 370 g/mol. The fourth-order valence-corrected chi connectivity index (χ4v) is 2.35. The summed E-state index contributed by atoms with van der Waals surface area (Å²) in [6.45, 7) is 1.75. The second-order valence-corrected chi connectivity index (χ2v) is 5.93. The van der Waals surface area contributed by atoms with Crippen molar-refractivity contribution in [2.24, 2.45) is 0 Å². The molecule has 0 heterocycles. The van der Waals surface area contributed by atoms with Crippen molar-refractivity contribution in [3.05, 3.63) is 57.0 Å². The average molecular weight is 372 g/mol. The Morgan fingerprint density at radius 1 is 0.957 bits per heavy atom. The lowest BCUT2D eigenvalue weighted by molar-refractivity contribution is -0.115. The predicted octanol–water partition coefficient (Wildman–Crippen LogP) is 5.25. The molecule has 2 aromatic carbocycles. The van der Waals surface area contributed by atoms with Crippen LogP contribution in [0.15, 0.2) is 36.4 Å². The maximum absolute atomic E-state index is 12.3. The van der Waals surface area contributed by atoms with Gasteiger partial charge in [-0.05, 0) is 36.4 Å². The minimum absolute atomic E-state index is 0.137. The number of hydrogen-bond donors (Lipinski definition) is 2. The molecule has 2 amide bonds. The van der Waals surface area contributed by atoms with E-state index in [1.54, 1.807) is 31.2 Å². The normalized spacial score (nSPS) is 10.3. The van der Waals surface area contributed by atoms with Crippen molar-refractivity contribution in [2.75, 3.05) is 10.6 Å². The van der Waals surface area contributed by atoms with Crippen LogP contribution in [0.25, 0.3) is 0 Å². The summed E-state index contributed by atoms with van der Waals surface area (Å²) in [6.07, 6.45) is 0.350. The first-order valence-corrected chi connectivity index (χ1v) is 7.90. The molecule has 120 valence electrons. The molecule has 0 saturated carbocycles. The first-order chi connectivity index (χ1) is 10.9. The highest BCUT2D eigenvalue weighted by atomic mass is 35.5. The Hall–Kier alpha value is -1.75. The molecule has 0 fully saturated rings. The van der Waals surface area contributed by atoms with Crippen LogP contribution in [0.2, 0.25) is 15.1 Å². The van der Waals surface area contributed by atoms with Crippen molar-refractivity contribution in [1.82, 2.24) is 0 Å². The molecular weight excluding hydrogens is 359 g/mol. The molecule has 0 spiro atoms. The van der Waals surface area contributed by atoms with E-state index in [4.69, 9.17) is 34.8 Å². The highest BCUT2D eigenvalue weighted by molar-refractivity contribution is 6.37. The van der Waals surface area contributed by atoms with Gasteiger partial charge in [-0.2, -0.15) is 0 Å². The van der Waals surface area contributed by atoms with Crippen molar-refractivity contribution < 1.29 is 9.59 Å². The number of carbonyl (C=O) groups excluding carboxylic acids is 2. The number of rotatable bonds is 4. The Labute approximate surface area is 148 Å². The zero-order valence-corrected chi connectivity index (χ0v) is 14.4. The van der Waals surface area contributed by atoms with E-state index in [-0.39, 0.29) is 16.5 Å². The molecule has 0 unspecified atom stereocenters. The molecule has 0 atom stereocenters. The Balaban J connectivity index is 2.25. The van der Waals surface area contributed by atoms with Crippen molar-refractivity contribution in [1.29, 1.82) is 0 Å². The van der Waals surface area contributed by atoms with Crippen molar-refractivity contribution in [3.8, 4) is 0 Å². The molecule has 2 aromatic rings. The SMILES string of the molecule is CCC(=O)Nc1ccc(Cl)c(NC(=O)c2cc(Cl)ccc2Cl)c1. The van der Waals surface area contributed by atoms with Gasteiger partial charge in [-0.15, -0.1) is 0 Å². The molecule has 7 heteroatoms. The third-order valence-corrected chi connectivity index (χ3v) is 3.89. The van der Waals surface area contributed by atoms with E-state index in [9.17, 15) is 9.59 Å². The molecule has 0 aliphatic rings. The van der Waals surface area contributed by atoms with Gasteiger partial charge in [-0.25, -0.2) is 0 Å². The lowest BCUT2D eigenvalue weighted by Crippen LogP contribution is -2.14. The second-order valence-electron chi connectivity index (χ2n) is 4.67. The summed E-state index contributed by atoms with van der Waals surface area (Å²) in [5.41, 5.74) is 1.13. The number of carbonyl (C=O) groups is 2. The summed E-state index contributed by atoms with van der Waals surface area (Å²) >= 11 is 18.0. The van der Waals surface area contributed by atoms with Crippen LogP contribution >= 0.6 is 34.8 Å². The Bertz CT molecular complexity index is 763. The zero-order chi connectivity index (χ0) is 17.0. The van der Waals surface area contributed by atoms with Crippen LogP contribution in [0.1, 0.15) is 23.7 Å². The largest absolute Gasteiger partial charge is 0.326 e. The van der Waals surface area contributed by atoms with E-state index in [1.807, 2.05) is 0 Å². The zero-order valence-electron chi connectivity index (χ0n) is 12.1. The van der Waals surface area contributed by atoms with Gasteiger partial charge in [0.25, 0.3) is 5.91 Å². The summed E-state index contributed by atoms with van der Waals surface area (Å²) < 4.78 is 0. The molecule has 4 nitrogen and oxygen atoms in total. The van der Waals surface area contributed by atoms with E-state index in [1.165, 1.54) is 12.1 Å². The molecule has 0 radical (unpaired) electrons. The first kappa shape index (κ1) is 17.6. The van der Waals surface area contributed by atoms with Crippen LogP contribution in [0.3, 0.4) is 0 Å². The molecular formula is C16H13Cl3N2O2. The minimum Gasteiger partial charge on any atom is -0.326 e. The molecule has 0 saturated heterocycles. The fraction of sp³-hybridized carbons (Fsp3) is 0.125. The topological polar surface area (TPSA) is 58.2 Å². The van der Waals surface area contributed by atoms with Crippen LogP contribution < -0.4 is 10.6 Å². The van der Waals surface area contributed by atoms with Gasteiger partial charge in [-0.3, -0.25) is 9.59 Å². The molecule has 2 N–H and O–H groups in total. The van der Waals surface area contributed by atoms with Crippen molar-refractivity contribution in [3.63, 3.8) is 0 Å². The number of hydrogen-bond acceptors (Lipinski definition) is 2. The predicted molar refractivity (Wildman–Crippen MR) is 94.8 cm³/mol. The number of benzene rings is 2. The van der Waals surface area contributed by atoms with Gasteiger partial charge in [0, 0.05) is 17.1 Å². The van der Waals surface area contributed by atoms with Crippen molar-refractivity contribution in [2.45, 2.75) is 13.3 Å². The fourth-order valence-electron chi connectivity index (χ4n) is 1.81. The Kier molecular flexibility index (Phi) is 5.88. The second kappa shape index (κ2) is 7.68. The Morgan fingerprint density at radius 2 is 1.65 bits per heavy atom. The van der Waals surface area contributed by atoms with Gasteiger partial charge in [0.15, 0.2) is 0 Å². The third-order valence-electron chi connectivity index (χ3n) is 2.99. The lowest BCUT2D eigenvalue weighted by Gasteiger charge is -2.11. The van der Waals surface area contributed by atoms with Gasteiger partial charge >= 0.3 is 0 Å². The average Bonchev–Trinajstić information content (AvgIpc) is 2.52. The van der Waals surface area contributed by atoms with E-state index in [0.29, 0.717) is 27.8 Å². The minimum atomic E-state index is -0.446. The van der Waals surface area contributed by atoms with E-state index < -0.39 is 5.91 Å². The van der Waals surface area contributed by atoms with E-state index in [2.05, 4.69) is 10.6 Å². The van der Waals surface area contributed by atoms with Gasteiger partial charge in [0.05, 0.1) is 21.3 Å². The van der Waals surface area contributed by atoms with Gasteiger partial charge in [0.1, 0.15) is 0 Å². The summed E-state index contributed by atoms with van der Waals surface area (Å²) in [5, 5.41) is 6.37. The third kappa shape index (κ3) is 4.61. The van der Waals surface area contributed by atoms with E-state index >= 15 is 0 Å². The molecule has 23 heavy (non-hydrogen) atoms. The van der Waals surface area contributed by atoms with Crippen LogP contribution in [0.5, 0.6) is 0 Å². The highest BCUT2D eigenvalue weighted by Crippen LogP contribution is 2.28. The van der Waals surface area contributed by atoms with Crippen LogP contribution in [-0.4, -0.2) is 11.8 Å². The summed E-state index contributed by atoms with van der Waals surface area (Å²) in [4.78, 5) is 23.8. The number of amides is 2. The molecule has 0 bridgehead atoms. The van der Waals surface area contributed by atoms with Crippen molar-refractivity contribution >= 4 is 58.0 Å². The quantitative estimate of drug-likeness (QED) is 0.771. The first-order valence-electron chi connectivity index (χ1n) is 6.76. The van der Waals surface area contributed by atoms with Gasteiger partial charge in [0.2, 0.25) is 5.91 Å². The summed E-state index contributed by atoms with van der Waals surface area (Å²) in [6, 6.07) is 9.41. The van der Waals surface area contributed by atoms with Crippen LogP contribution in [0.4, 0.5) is 11.4 Å². The molecule has 0 aliphatic carbocycles. The lowest BCUT2D eigenvalue weighted by atomic mass is 10.2. The molecule has 2 rings (SSSR count). The van der Waals surface area contributed by atoms with Gasteiger partial charge < -0.3 is 10.6 Å². The van der Waals surface area contributed by atoms with Crippen LogP contribution in [0, 0.1) is 0 Å². The van der Waals surface area contributed by atoms with Gasteiger partial charge in [-0.1, -0.05) is 41.7 Å².